The molecule has 2 aromatic rings. The monoisotopic (exact) mass is 441 g/mol. The fourth-order valence-electron chi connectivity index (χ4n) is 2.73. The topological polar surface area (TPSA) is 123 Å². The first-order valence-corrected chi connectivity index (χ1v) is 10.0. The van der Waals surface area contributed by atoms with Gasteiger partial charge in [0.05, 0.1) is 13.5 Å². The van der Waals surface area contributed by atoms with Gasteiger partial charge in [-0.2, -0.15) is 0 Å². The van der Waals surface area contributed by atoms with Crippen molar-refractivity contribution in [3.05, 3.63) is 60.2 Å². The van der Waals surface area contributed by atoms with E-state index in [9.17, 15) is 19.2 Å². The number of carbonyl (C=O) groups excluding carboxylic acids is 4. The number of rotatable bonds is 9. The van der Waals surface area contributed by atoms with E-state index in [1.807, 2.05) is 30.3 Å². The molecular weight excluding hydrogens is 414 g/mol. The van der Waals surface area contributed by atoms with Crippen LogP contribution >= 0.6 is 0 Å². The molecule has 2 aromatic carbocycles. The van der Waals surface area contributed by atoms with E-state index in [2.05, 4.69) is 16.0 Å². The summed E-state index contributed by atoms with van der Waals surface area (Å²) in [4.78, 5) is 48.5. The van der Waals surface area contributed by atoms with Crippen LogP contribution < -0.4 is 20.7 Å². The lowest BCUT2D eigenvalue weighted by Crippen LogP contribution is -2.47. The molecule has 0 bridgehead atoms. The Morgan fingerprint density at radius 3 is 2.16 bits per heavy atom. The number of esters is 1. The van der Waals surface area contributed by atoms with Gasteiger partial charge in [-0.25, -0.2) is 9.59 Å². The fraction of sp³-hybridized carbons (Fsp3) is 0.304. The van der Waals surface area contributed by atoms with E-state index < -0.39 is 30.6 Å². The number of amides is 4. The molecule has 0 saturated heterocycles. The minimum absolute atomic E-state index is 0.114. The van der Waals surface area contributed by atoms with Gasteiger partial charge in [0.25, 0.3) is 5.91 Å². The Morgan fingerprint density at radius 1 is 0.906 bits per heavy atom. The van der Waals surface area contributed by atoms with Gasteiger partial charge in [0.1, 0.15) is 11.8 Å². The van der Waals surface area contributed by atoms with E-state index in [1.165, 1.54) is 7.11 Å². The number of ether oxygens (including phenoxy) is 2. The molecule has 0 aliphatic rings. The van der Waals surface area contributed by atoms with Gasteiger partial charge in [-0.05, 0) is 35.7 Å². The Morgan fingerprint density at radius 2 is 1.56 bits per heavy atom. The number of methoxy groups -OCH3 is 1. The molecule has 0 radical (unpaired) electrons. The average molecular weight is 441 g/mol. The summed E-state index contributed by atoms with van der Waals surface area (Å²) in [7, 11) is 1.52. The van der Waals surface area contributed by atoms with Gasteiger partial charge in [0, 0.05) is 5.69 Å². The van der Waals surface area contributed by atoms with Gasteiger partial charge in [-0.3, -0.25) is 14.9 Å². The quantitative estimate of drug-likeness (QED) is 0.513. The molecule has 2 rings (SSSR count). The third-order valence-electron chi connectivity index (χ3n) is 4.39. The Kier molecular flexibility index (Phi) is 9.22. The molecule has 0 fully saturated rings. The second-order valence-electron chi connectivity index (χ2n) is 7.29. The van der Waals surface area contributed by atoms with Crippen molar-refractivity contribution in [2.75, 3.05) is 19.0 Å². The maximum absolute atomic E-state index is 12.4. The molecule has 0 saturated carbocycles. The van der Waals surface area contributed by atoms with Crippen molar-refractivity contribution in [1.82, 2.24) is 10.6 Å². The summed E-state index contributed by atoms with van der Waals surface area (Å²) in [6.45, 7) is 2.83. The first kappa shape index (κ1) is 24.4. The summed E-state index contributed by atoms with van der Waals surface area (Å²) in [5.41, 5.74) is 1.26. The number of carbonyl (C=O) groups is 4. The number of anilines is 1. The second-order valence-corrected chi connectivity index (χ2v) is 7.29. The van der Waals surface area contributed by atoms with Crippen molar-refractivity contribution in [3.8, 4) is 5.75 Å². The van der Waals surface area contributed by atoms with Crippen molar-refractivity contribution in [2.24, 2.45) is 5.92 Å². The Bertz CT molecular complexity index is 929. The van der Waals surface area contributed by atoms with Crippen LogP contribution in [0, 0.1) is 5.92 Å². The summed E-state index contributed by atoms with van der Waals surface area (Å²) in [5.74, 6) is -1.54. The number of hydrogen-bond donors (Lipinski definition) is 3. The minimum atomic E-state index is -0.924. The highest BCUT2D eigenvalue weighted by atomic mass is 16.5. The molecule has 3 N–H and O–H groups in total. The fourth-order valence-corrected chi connectivity index (χ4v) is 2.73. The molecule has 0 unspecified atom stereocenters. The highest BCUT2D eigenvalue weighted by Crippen LogP contribution is 2.14. The van der Waals surface area contributed by atoms with Crippen LogP contribution in [0.3, 0.4) is 0 Å². The SMILES string of the molecule is COc1ccc(NC(=O)NC(=O)COC(=O)[C@@H](NC(=O)Cc2ccccc2)C(C)C)cc1. The number of imide groups is 1. The van der Waals surface area contributed by atoms with Crippen molar-refractivity contribution in [3.63, 3.8) is 0 Å². The van der Waals surface area contributed by atoms with Crippen molar-refractivity contribution in [2.45, 2.75) is 26.3 Å². The van der Waals surface area contributed by atoms with Crippen LogP contribution in [0.1, 0.15) is 19.4 Å². The first-order valence-electron chi connectivity index (χ1n) is 10.0. The van der Waals surface area contributed by atoms with Crippen molar-refractivity contribution < 1.29 is 28.7 Å². The molecule has 0 aliphatic heterocycles. The Balaban J connectivity index is 1.80. The molecule has 9 nitrogen and oxygen atoms in total. The molecular formula is C23H27N3O6. The zero-order valence-corrected chi connectivity index (χ0v) is 18.2. The molecule has 170 valence electrons. The van der Waals surface area contributed by atoms with Gasteiger partial charge < -0.3 is 20.1 Å². The van der Waals surface area contributed by atoms with Gasteiger partial charge >= 0.3 is 12.0 Å². The summed E-state index contributed by atoms with van der Waals surface area (Å²) in [5, 5.41) is 7.18. The normalized spacial score (nSPS) is 11.2. The lowest BCUT2D eigenvalue weighted by Gasteiger charge is -2.20. The Hall–Kier alpha value is -3.88. The van der Waals surface area contributed by atoms with E-state index in [0.717, 1.165) is 5.56 Å². The average Bonchev–Trinajstić information content (AvgIpc) is 2.76. The lowest BCUT2D eigenvalue weighted by molar-refractivity contribution is -0.152. The third kappa shape index (κ3) is 8.10. The van der Waals surface area contributed by atoms with Crippen LogP contribution in [0.4, 0.5) is 10.5 Å². The number of hydrogen-bond acceptors (Lipinski definition) is 6. The van der Waals surface area contributed by atoms with Gasteiger partial charge in [-0.15, -0.1) is 0 Å². The lowest BCUT2D eigenvalue weighted by atomic mass is 10.0. The summed E-state index contributed by atoms with van der Waals surface area (Å²) in [6, 6.07) is 13.9. The summed E-state index contributed by atoms with van der Waals surface area (Å²) in [6.07, 6.45) is 0.114. The third-order valence-corrected chi connectivity index (χ3v) is 4.39. The maximum atomic E-state index is 12.4. The van der Waals surface area contributed by atoms with Crippen LogP contribution in [0.15, 0.2) is 54.6 Å². The van der Waals surface area contributed by atoms with Gasteiger partial charge in [0.2, 0.25) is 5.91 Å². The molecule has 4 amide bonds. The van der Waals surface area contributed by atoms with E-state index in [1.54, 1.807) is 38.1 Å². The van der Waals surface area contributed by atoms with E-state index in [0.29, 0.717) is 11.4 Å². The van der Waals surface area contributed by atoms with Crippen molar-refractivity contribution in [1.29, 1.82) is 0 Å². The predicted octanol–water partition coefficient (Wildman–Crippen LogP) is 2.27. The predicted molar refractivity (Wildman–Crippen MR) is 118 cm³/mol. The van der Waals surface area contributed by atoms with E-state index in [4.69, 9.17) is 9.47 Å². The smallest absolute Gasteiger partial charge is 0.329 e. The first-order chi connectivity index (χ1) is 15.3. The molecule has 32 heavy (non-hydrogen) atoms. The zero-order chi connectivity index (χ0) is 23.5. The van der Waals surface area contributed by atoms with Crippen LogP contribution in [0.2, 0.25) is 0 Å². The van der Waals surface area contributed by atoms with E-state index in [-0.39, 0.29) is 18.2 Å². The summed E-state index contributed by atoms with van der Waals surface area (Å²) >= 11 is 0. The number of nitrogens with one attached hydrogen (secondary N) is 3. The summed E-state index contributed by atoms with van der Waals surface area (Å²) < 4.78 is 10.0. The molecule has 0 spiro atoms. The molecule has 0 aliphatic carbocycles. The largest absolute Gasteiger partial charge is 0.497 e. The second kappa shape index (κ2) is 12.1. The number of benzene rings is 2. The molecule has 9 heteroatoms. The van der Waals surface area contributed by atoms with Crippen LogP contribution in [-0.4, -0.2) is 43.6 Å². The Labute approximate surface area is 186 Å². The highest BCUT2D eigenvalue weighted by molar-refractivity contribution is 6.02. The minimum Gasteiger partial charge on any atom is -0.497 e. The van der Waals surface area contributed by atoms with Gasteiger partial charge in [0.15, 0.2) is 6.61 Å². The van der Waals surface area contributed by atoms with Crippen LogP contribution in [0.25, 0.3) is 0 Å². The molecule has 1 atom stereocenters. The van der Waals surface area contributed by atoms with Crippen LogP contribution in [0.5, 0.6) is 5.75 Å². The van der Waals surface area contributed by atoms with Crippen LogP contribution in [-0.2, 0) is 25.5 Å². The van der Waals surface area contributed by atoms with Gasteiger partial charge in [-0.1, -0.05) is 44.2 Å². The van der Waals surface area contributed by atoms with Crippen molar-refractivity contribution >= 4 is 29.5 Å². The zero-order valence-electron chi connectivity index (χ0n) is 18.2. The molecule has 0 heterocycles. The molecule has 0 aromatic heterocycles. The highest BCUT2D eigenvalue weighted by Gasteiger charge is 2.26. The van der Waals surface area contributed by atoms with E-state index >= 15 is 0 Å². The maximum Gasteiger partial charge on any atom is 0.329 e. The standard InChI is InChI=1S/C23H27N3O6/c1-15(2)21(25-19(27)13-16-7-5-4-6-8-16)22(29)32-14-20(28)26-23(30)24-17-9-11-18(31-3)12-10-17/h4-12,15,21H,13-14H2,1-3H3,(H,25,27)(H2,24,26,28,30)/t21-/m0/s1. The number of urea groups is 1.